The van der Waals surface area contributed by atoms with E-state index in [1.807, 2.05) is 0 Å². The van der Waals surface area contributed by atoms with Gasteiger partial charge in [0.1, 0.15) is 5.75 Å². The van der Waals surface area contributed by atoms with Crippen LogP contribution < -0.4 is 10.1 Å². The first-order chi connectivity index (χ1) is 11.4. The maximum absolute atomic E-state index is 12.8. The molecule has 7 heteroatoms. The molecule has 0 aliphatic carbocycles. The summed E-state index contributed by atoms with van der Waals surface area (Å²) in [6.07, 6.45) is 0.707. The molecule has 0 bridgehead atoms. The fraction of sp³-hybridized carbons (Fsp3) is 0.353. The summed E-state index contributed by atoms with van der Waals surface area (Å²) in [6.45, 7) is 5.32. The summed E-state index contributed by atoms with van der Waals surface area (Å²) >= 11 is 0. The summed E-state index contributed by atoms with van der Waals surface area (Å²) < 4.78 is 6.04. The van der Waals surface area contributed by atoms with Gasteiger partial charge < -0.3 is 15.0 Å². The molecule has 3 heterocycles. The lowest BCUT2D eigenvalue weighted by Crippen LogP contribution is -2.58. The van der Waals surface area contributed by atoms with E-state index in [2.05, 4.69) is 19.2 Å². The Kier molecular flexibility index (Phi) is 2.97. The molecular weight excluding hydrogens is 310 g/mol. The van der Waals surface area contributed by atoms with E-state index in [0.29, 0.717) is 35.8 Å². The van der Waals surface area contributed by atoms with E-state index in [9.17, 15) is 14.9 Å². The predicted molar refractivity (Wildman–Crippen MR) is 85.8 cm³/mol. The minimum atomic E-state index is -0.641. The van der Waals surface area contributed by atoms with Crippen molar-refractivity contribution in [3.8, 4) is 5.75 Å². The summed E-state index contributed by atoms with van der Waals surface area (Å²) in [4.78, 5) is 25.6. The maximum atomic E-state index is 12.8. The number of para-hydroxylation sites is 1. The third-order valence-electron chi connectivity index (χ3n) is 4.53. The number of ether oxygens (including phenoxy) is 1. The van der Waals surface area contributed by atoms with E-state index >= 15 is 0 Å². The Labute approximate surface area is 138 Å². The average molecular weight is 327 g/mol. The Hall–Kier alpha value is -2.83. The highest BCUT2D eigenvalue weighted by molar-refractivity contribution is 6.12. The van der Waals surface area contributed by atoms with Crippen molar-refractivity contribution in [2.75, 3.05) is 13.1 Å². The number of ketones is 1. The number of allylic oxidation sites excluding steroid dienone is 1. The fourth-order valence-corrected chi connectivity index (χ4v) is 3.39. The standard InChI is InChI=1S/C17H17N3O4/c1-17(2)8-18-15-12(20(22)23)7-11-14(21)10-5-3-4-6-13(10)24-16(11)19(15)9-17/h3-7,16,18H,8-9H2,1-2H3. The van der Waals surface area contributed by atoms with Gasteiger partial charge in [-0.25, -0.2) is 0 Å². The van der Waals surface area contributed by atoms with Gasteiger partial charge in [-0.05, 0) is 17.5 Å². The Morgan fingerprint density at radius 3 is 2.88 bits per heavy atom. The summed E-state index contributed by atoms with van der Waals surface area (Å²) in [5.74, 6) is 0.709. The van der Waals surface area contributed by atoms with Crippen molar-refractivity contribution in [3.63, 3.8) is 0 Å². The highest BCUT2D eigenvalue weighted by Crippen LogP contribution is 2.39. The number of fused-ring (bicyclic) bond motifs is 4. The molecule has 0 aromatic heterocycles. The first-order valence-electron chi connectivity index (χ1n) is 7.78. The van der Waals surface area contributed by atoms with Gasteiger partial charge in [0.2, 0.25) is 6.23 Å². The first-order valence-corrected chi connectivity index (χ1v) is 7.78. The van der Waals surface area contributed by atoms with Crippen LogP contribution >= 0.6 is 0 Å². The van der Waals surface area contributed by atoms with Crippen LogP contribution in [0.2, 0.25) is 0 Å². The number of rotatable bonds is 1. The second-order valence-corrected chi connectivity index (χ2v) is 7.03. The van der Waals surface area contributed by atoms with Gasteiger partial charge in [0.15, 0.2) is 11.6 Å². The quantitative estimate of drug-likeness (QED) is 0.626. The molecule has 24 heavy (non-hydrogen) atoms. The molecule has 1 atom stereocenters. The van der Waals surface area contributed by atoms with Gasteiger partial charge in [0.05, 0.1) is 16.1 Å². The van der Waals surface area contributed by atoms with Crippen LogP contribution in [0.4, 0.5) is 0 Å². The molecule has 1 aromatic rings. The number of nitrogens with one attached hydrogen (secondary N) is 1. The lowest BCUT2D eigenvalue weighted by atomic mass is 9.87. The number of hydrogen-bond donors (Lipinski definition) is 1. The number of nitrogens with zero attached hydrogens (tertiary/aromatic N) is 2. The van der Waals surface area contributed by atoms with Crippen molar-refractivity contribution in [2.24, 2.45) is 5.41 Å². The topological polar surface area (TPSA) is 84.7 Å². The summed E-state index contributed by atoms with van der Waals surface area (Å²) in [5.41, 5.74) is 0.559. The summed E-state index contributed by atoms with van der Waals surface area (Å²) in [5, 5.41) is 14.6. The largest absolute Gasteiger partial charge is 0.465 e. The molecule has 1 saturated heterocycles. The highest BCUT2D eigenvalue weighted by Gasteiger charge is 2.46. The smallest absolute Gasteiger partial charge is 0.309 e. The van der Waals surface area contributed by atoms with Crippen LogP contribution in [-0.4, -0.2) is 34.9 Å². The van der Waals surface area contributed by atoms with Crippen LogP contribution in [0.3, 0.4) is 0 Å². The van der Waals surface area contributed by atoms with Gasteiger partial charge in [0, 0.05) is 19.2 Å². The maximum Gasteiger partial charge on any atom is 0.309 e. The van der Waals surface area contributed by atoms with Crippen LogP contribution in [0, 0.1) is 15.5 Å². The fourth-order valence-electron chi connectivity index (χ4n) is 3.39. The van der Waals surface area contributed by atoms with E-state index in [0.717, 1.165) is 0 Å². The van der Waals surface area contributed by atoms with Gasteiger partial charge in [-0.2, -0.15) is 0 Å². The van der Waals surface area contributed by atoms with Gasteiger partial charge in [-0.3, -0.25) is 14.9 Å². The van der Waals surface area contributed by atoms with E-state index in [4.69, 9.17) is 4.74 Å². The van der Waals surface area contributed by atoms with Crippen molar-refractivity contribution >= 4 is 5.78 Å². The SMILES string of the molecule is CC1(C)CNC2=C([N+](=O)[O-])C=C3C(=O)c4ccccc4OC3N2C1. The second-order valence-electron chi connectivity index (χ2n) is 7.03. The molecule has 4 rings (SSSR count). The number of nitro groups is 1. The number of Topliss-reactive ketones (excluding diaryl/α,β-unsaturated/α-hetero) is 1. The molecule has 7 nitrogen and oxygen atoms in total. The van der Waals surface area contributed by atoms with E-state index in [1.165, 1.54) is 6.08 Å². The third-order valence-corrected chi connectivity index (χ3v) is 4.53. The Bertz CT molecular complexity index is 825. The van der Waals surface area contributed by atoms with Crippen LogP contribution in [0.15, 0.2) is 47.4 Å². The molecule has 0 saturated carbocycles. The predicted octanol–water partition coefficient (Wildman–Crippen LogP) is 1.91. The van der Waals surface area contributed by atoms with Crippen LogP contribution in [0.5, 0.6) is 5.75 Å². The minimum absolute atomic E-state index is 0.0897. The molecule has 0 amide bonds. The summed E-state index contributed by atoms with van der Waals surface area (Å²) in [6, 6.07) is 6.99. The Morgan fingerprint density at radius 1 is 1.38 bits per heavy atom. The minimum Gasteiger partial charge on any atom is -0.465 e. The van der Waals surface area contributed by atoms with Crippen molar-refractivity contribution < 1.29 is 14.5 Å². The zero-order valence-corrected chi connectivity index (χ0v) is 13.4. The number of benzene rings is 1. The highest BCUT2D eigenvalue weighted by atomic mass is 16.6. The molecule has 0 spiro atoms. The molecule has 1 unspecified atom stereocenters. The Balaban J connectivity index is 1.87. The van der Waals surface area contributed by atoms with E-state index < -0.39 is 11.2 Å². The second kappa shape index (κ2) is 4.83. The molecule has 1 N–H and O–H groups in total. The lowest BCUT2D eigenvalue weighted by molar-refractivity contribution is -0.422. The monoisotopic (exact) mass is 327 g/mol. The zero-order chi connectivity index (χ0) is 17.1. The van der Waals surface area contributed by atoms with Crippen molar-refractivity contribution in [2.45, 2.75) is 20.1 Å². The lowest BCUT2D eigenvalue weighted by Gasteiger charge is -2.47. The normalized spacial score (nSPS) is 24.1. The van der Waals surface area contributed by atoms with Crippen molar-refractivity contribution in [1.29, 1.82) is 0 Å². The third kappa shape index (κ3) is 2.08. The van der Waals surface area contributed by atoms with E-state index in [-0.39, 0.29) is 16.9 Å². The van der Waals surface area contributed by atoms with Gasteiger partial charge >= 0.3 is 5.70 Å². The van der Waals surface area contributed by atoms with Gasteiger partial charge in [0.25, 0.3) is 0 Å². The molecule has 3 aliphatic rings. The van der Waals surface area contributed by atoms with Gasteiger partial charge in [-0.15, -0.1) is 0 Å². The van der Waals surface area contributed by atoms with Crippen LogP contribution in [0.1, 0.15) is 24.2 Å². The molecule has 0 radical (unpaired) electrons. The van der Waals surface area contributed by atoms with Crippen molar-refractivity contribution in [3.05, 3.63) is 63.1 Å². The number of hydrogen-bond acceptors (Lipinski definition) is 6. The first kappa shape index (κ1) is 14.7. The van der Waals surface area contributed by atoms with Gasteiger partial charge in [-0.1, -0.05) is 26.0 Å². The van der Waals surface area contributed by atoms with E-state index in [1.54, 1.807) is 29.2 Å². The van der Waals surface area contributed by atoms with Crippen LogP contribution in [-0.2, 0) is 0 Å². The zero-order valence-electron chi connectivity index (χ0n) is 13.4. The molecule has 3 aliphatic heterocycles. The average Bonchev–Trinajstić information content (AvgIpc) is 2.54. The number of carbonyl (C=O) groups excluding carboxylic acids is 1. The molecule has 1 aromatic carbocycles. The molecular formula is C17H17N3O4. The Morgan fingerprint density at radius 2 is 2.12 bits per heavy atom. The number of carbonyl (C=O) groups is 1. The molecule has 1 fully saturated rings. The van der Waals surface area contributed by atoms with Crippen LogP contribution in [0.25, 0.3) is 0 Å². The summed E-state index contributed by atoms with van der Waals surface area (Å²) in [7, 11) is 0. The molecule has 124 valence electrons. The van der Waals surface area contributed by atoms with Crippen molar-refractivity contribution in [1.82, 2.24) is 10.2 Å².